The van der Waals surface area contributed by atoms with E-state index in [4.69, 9.17) is 5.73 Å². The standard InChI is InChI=1S/C9H11N3O/c1-2-9-11-5-7(6-12-9)3-4-8(10)13/h3-6H,2H2,1H3,(H2,10,13)/b4-3+. The maximum absolute atomic E-state index is 10.4. The van der Waals surface area contributed by atoms with Gasteiger partial charge < -0.3 is 5.73 Å². The summed E-state index contributed by atoms with van der Waals surface area (Å²) in [5, 5.41) is 0. The Bertz CT molecular complexity index is 316. The lowest BCUT2D eigenvalue weighted by Gasteiger charge is -1.94. The Kier molecular flexibility index (Phi) is 3.14. The number of hydrogen-bond donors (Lipinski definition) is 1. The molecule has 0 aliphatic rings. The van der Waals surface area contributed by atoms with E-state index in [1.54, 1.807) is 18.5 Å². The van der Waals surface area contributed by atoms with E-state index in [1.165, 1.54) is 6.08 Å². The number of aryl methyl sites for hydroxylation is 1. The number of amides is 1. The Morgan fingerprint density at radius 1 is 1.54 bits per heavy atom. The van der Waals surface area contributed by atoms with Crippen molar-refractivity contribution in [3.63, 3.8) is 0 Å². The van der Waals surface area contributed by atoms with Crippen molar-refractivity contribution in [1.82, 2.24) is 9.97 Å². The van der Waals surface area contributed by atoms with Gasteiger partial charge in [-0.05, 0) is 6.08 Å². The molecule has 0 radical (unpaired) electrons. The van der Waals surface area contributed by atoms with Crippen molar-refractivity contribution in [2.45, 2.75) is 13.3 Å². The normalized spacial score (nSPS) is 10.5. The quantitative estimate of drug-likeness (QED) is 0.685. The summed E-state index contributed by atoms with van der Waals surface area (Å²) < 4.78 is 0. The lowest BCUT2D eigenvalue weighted by molar-refractivity contribution is -0.113. The van der Waals surface area contributed by atoms with Gasteiger partial charge in [0.05, 0.1) is 0 Å². The predicted octanol–water partition coefficient (Wildman–Crippen LogP) is 0.538. The summed E-state index contributed by atoms with van der Waals surface area (Å²) in [6, 6.07) is 0. The number of primary amides is 1. The second kappa shape index (κ2) is 4.35. The minimum absolute atomic E-state index is 0.473. The van der Waals surface area contributed by atoms with Crippen molar-refractivity contribution in [1.29, 1.82) is 0 Å². The van der Waals surface area contributed by atoms with Gasteiger partial charge in [-0.1, -0.05) is 6.92 Å². The van der Waals surface area contributed by atoms with Crippen molar-refractivity contribution in [2.75, 3.05) is 0 Å². The molecule has 68 valence electrons. The second-order valence-electron chi connectivity index (χ2n) is 2.52. The summed E-state index contributed by atoms with van der Waals surface area (Å²) >= 11 is 0. The molecule has 0 saturated heterocycles. The first-order valence-electron chi connectivity index (χ1n) is 4.01. The molecule has 0 fully saturated rings. The molecular weight excluding hydrogens is 166 g/mol. The Hall–Kier alpha value is -1.71. The fourth-order valence-corrected chi connectivity index (χ4v) is 0.812. The molecule has 1 amide bonds. The monoisotopic (exact) mass is 177 g/mol. The van der Waals surface area contributed by atoms with E-state index in [0.717, 1.165) is 17.8 Å². The number of nitrogens with two attached hydrogens (primary N) is 1. The van der Waals surface area contributed by atoms with Crippen molar-refractivity contribution < 1.29 is 4.79 Å². The molecule has 4 nitrogen and oxygen atoms in total. The molecule has 0 aliphatic heterocycles. The van der Waals surface area contributed by atoms with E-state index >= 15 is 0 Å². The van der Waals surface area contributed by atoms with Crippen LogP contribution in [0.2, 0.25) is 0 Å². The molecule has 0 atom stereocenters. The minimum atomic E-state index is -0.473. The molecule has 0 saturated carbocycles. The van der Waals surface area contributed by atoms with Crippen molar-refractivity contribution >= 4 is 12.0 Å². The first kappa shape index (κ1) is 9.38. The number of aromatic nitrogens is 2. The first-order valence-corrected chi connectivity index (χ1v) is 4.01. The molecule has 0 spiro atoms. The summed E-state index contributed by atoms with van der Waals surface area (Å²) in [7, 11) is 0. The number of carbonyl (C=O) groups is 1. The average molecular weight is 177 g/mol. The smallest absolute Gasteiger partial charge is 0.241 e. The molecule has 1 heterocycles. The van der Waals surface area contributed by atoms with Crippen LogP contribution < -0.4 is 5.73 Å². The maximum atomic E-state index is 10.4. The Morgan fingerprint density at radius 2 is 2.15 bits per heavy atom. The topological polar surface area (TPSA) is 68.9 Å². The van der Waals surface area contributed by atoms with Gasteiger partial charge in [0.1, 0.15) is 5.82 Å². The molecule has 0 unspecified atom stereocenters. The van der Waals surface area contributed by atoms with Crippen LogP contribution in [0.15, 0.2) is 18.5 Å². The number of rotatable bonds is 3. The van der Waals surface area contributed by atoms with Gasteiger partial charge in [0.15, 0.2) is 0 Å². The fraction of sp³-hybridized carbons (Fsp3) is 0.222. The highest BCUT2D eigenvalue weighted by atomic mass is 16.1. The fourth-order valence-electron chi connectivity index (χ4n) is 0.812. The Balaban J connectivity index is 2.75. The zero-order chi connectivity index (χ0) is 9.68. The highest BCUT2D eigenvalue weighted by molar-refractivity contribution is 5.90. The van der Waals surface area contributed by atoms with E-state index in [2.05, 4.69) is 9.97 Å². The van der Waals surface area contributed by atoms with Crippen molar-refractivity contribution in [2.24, 2.45) is 5.73 Å². The van der Waals surface area contributed by atoms with Crippen LogP contribution in [0.4, 0.5) is 0 Å². The van der Waals surface area contributed by atoms with E-state index in [9.17, 15) is 4.79 Å². The van der Waals surface area contributed by atoms with Gasteiger partial charge in [0.25, 0.3) is 0 Å². The van der Waals surface area contributed by atoms with Gasteiger partial charge in [-0.15, -0.1) is 0 Å². The summed E-state index contributed by atoms with van der Waals surface area (Å²) in [6.07, 6.45) is 6.99. The minimum Gasteiger partial charge on any atom is -0.366 e. The third-order valence-electron chi connectivity index (χ3n) is 1.48. The van der Waals surface area contributed by atoms with Crippen LogP contribution in [0, 0.1) is 0 Å². The third-order valence-corrected chi connectivity index (χ3v) is 1.48. The largest absolute Gasteiger partial charge is 0.366 e. The molecule has 2 N–H and O–H groups in total. The average Bonchev–Trinajstić information content (AvgIpc) is 2.15. The van der Waals surface area contributed by atoms with E-state index in [0.29, 0.717) is 0 Å². The van der Waals surface area contributed by atoms with E-state index in [1.807, 2.05) is 6.92 Å². The number of carbonyl (C=O) groups excluding carboxylic acids is 1. The van der Waals surface area contributed by atoms with Crippen LogP contribution in [-0.2, 0) is 11.2 Å². The lowest BCUT2D eigenvalue weighted by Crippen LogP contribution is -2.05. The maximum Gasteiger partial charge on any atom is 0.241 e. The molecule has 4 heteroatoms. The third kappa shape index (κ3) is 3.02. The van der Waals surface area contributed by atoms with Crippen LogP contribution >= 0.6 is 0 Å². The molecule has 0 aromatic carbocycles. The van der Waals surface area contributed by atoms with Gasteiger partial charge >= 0.3 is 0 Å². The van der Waals surface area contributed by atoms with Crippen LogP contribution in [0.5, 0.6) is 0 Å². The van der Waals surface area contributed by atoms with Crippen LogP contribution in [0.3, 0.4) is 0 Å². The van der Waals surface area contributed by atoms with Crippen LogP contribution in [0.1, 0.15) is 18.3 Å². The first-order chi connectivity index (χ1) is 6.22. The van der Waals surface area contributed by atoms with Crippen LogP contribution in [0.25, 0.3) is 6.08 Å². The van der Waals surface area contributed by atoms with Gasteiger partial charge in [-0.25, -0.2) is 9.97 Å². The summed E-state index contributed by atoms with van der Waals surface area (Å²) in [5.74, 6) is 0.316. The van der Waals surface area contributed by atoms with E-state index in [-0.39, 0.29) is 0 Å². The lowest BCUT2D eigenvalue weighted by atomic mass is 10.3. The number of nitrogens with zero attached hydrogens (tertiary/aromatic N) is 2. The molecule has 1 rings (SSSR count). The van der Waals surface area contributed by atoms with Crippen molar-refractivity contribution in [3.05, 3.63) is 29.9 Å². The summed E-state index contributed by atoms with van der Waals surface area (Å²) in [5.41, 5.74) is 5.70. The van der Waals surface area contributed by atoms with Gasteiger partial charge in [-0.2, -0.15) is 0 Å². The summed E-state index contributed by atoms with van der Waals surface area (Å²) in [6.45, 7) is 1.98. The second-order valence-corrected chi connectivity index (χ2v) is 2.52. The molecule has 1 aromatic rings. The zero-order valence-electron chi connectivity index (χ0n) is 7.40. The van der Waals surface area contributed by atoms with Crippen LogP contribution in [-0.4, -0.2) is 15.9 Å². The van der Waals surface area contributed by atoms with Gasteiger partial charge in [-0.3, -0.25) is 4.79 Å². The molecular formula is C9H11N3O. The molecule has 0 aliphatic carbocycles. The Morgan fingerprint density at radius 3 is 2.62 bits per heavy atom. The highest BCUT2D eigenvalue weighted by Crippen LogP contribution is 1.98. The van der Waals surface area contributed by atoms with E-state index < -0.39 is 5.91 Å². The summed E-state index contributed by atoms with van der Waals surface area (Å²) in [4.78, 5) is 18.5. The highest BCUT2D eigenvalue weighted by Gasteiger charge is 1.92. The zero-order valence-corrected chi connectivity index (χ0v) is 7.40. The molecule has 13 heavy (non-hydrogen) atoms. The van der Waals surface area contributed by atoms with Crippen molar-refractivity contribution in [3.8, 4) is 0 Å². The SMILES string of the molecule is CCc1ncc(/C=C/C(N)=O)cn1. The number of hydrogen-bond acceptors (Lipinski definition) is 3. The van der Waals surface area contributed by atoms with Gasteiger partial charge in [0.2, 0.25) is 5.91 Å². The van der Waals surface area contributed by atoms with Gasteiger partial charge in [0, 0.05) is 30.5 Å². The predicted molar refractivity (Wildman–Crippen MR) is 49.6 cm³/mol. The molecule has 1 aromatic heterocycles. The molecule has 0 bridgehead atoms. The Labute approximate surface area is 76.5 Å².